The Morgan fingerprint density at radius 1 is 1.12 bits per heavy atom. The maximum atomic E-state index is 12.1. The Morgan fingerprint density at radius 3 is 2.25 bits per heavy atom. The summed E-state index contributed by atoms with van der Waals surface area (Å²) in [4.78, 5) is 15.5. The summed E-state index contributed by atoms with van der Waals surface area (Å²) in [5, 5.41) is 8.21. The molecule has 0 aliphatic carbocycles. The topological polar surface area (TPSA) is 65.5 Å². The number of nitrogens with one attached hydrogen (secondary N) is 3. The molecular weight excluding hydrogens is 436 g/mol. The van der Waals surface area contributed by atoms with Crippen molar-refractivity contribution in [2.45, 2.75) is 26.1 Å². The summed E-state index contributed by atoms with van der Waals surface area (Å²) in [5.74, 6) is 0.152. The van der Waals surface area contributed by atoms with Crippen LogP contribution < -0.4 is 16.0 Å². The molecule has 0 aliphatic rings. The van der Waals surface area contributed by atoms with Crippen LogP contribution in [-0.2, 0) is 6.54 Å². The number of hydrogen-bond donors (Lipinski definition) is 3. The fraction of sp³-hybridized carbons (Fsp3) is 0.467. The number of carbonyl (C=O) groups is 1. The van der Waals surface area contributed by atoms with Crippen LogP contribution in [0.2, 0.25) is 0 Å². The third kappa shape index (κ3) is 8.94. The highest BCUT2D eigenvalue weighted by Gasteiger charge is 2.26. The van der Waals surface area contributed by atoms with E-state index in [1.165, 1.54) is 7.05 Å². The minimum Gasteiger partial charge on any atom is -0.356 e. The molecule has 0 spiro atoms. The zero-order chi connectivity index (χ0) is 17.3. The molecule has 136 valence electrons. The number of alkyl halides is 3. The Morgan fingerprint density at radius 2 is 1.75 bits per heavy atom. The largest absolute Gasteiger partial charge is 0.390 e. The highest BCUT2D eigenvalue weighted by molar-refractivity contribution is 14.0. The maximum absolute atomic E-state index is 12.1. The third-order valence-electron chi connectivity index (χ3n) is 2.94. The van der Waals surface area contributed by atoms with Gasteiger partial charge in [0.1, 0.15) is 0 Å². The molecule has 0 saturated carbocycles. The molecular formula is C15H22F3IN4O. The number of aliphatic imine (C=N–C) groups is 1. The number of rotatable bonds is 6. The van der Waals surface area contributed by atoms with Gasteiger partial charge < -0.3 is 16.0 Å². The van der Waals surface area contributed by atoms with E-state index >= 15 is 0 Å². The number of amides is 1. The summed E-state index contributed by atoms with van der Waals surface area (Å²) in [5.41, 5.74) is 1.44. The van der Waals surface area contributed by atoms with E-state index in [2.05, 4.69) is 20.9 Å². The molecule has 1 aromatic rings. The molecule has 3 N–H and O–H groups in total. The highest BCUT2D eigenvalue weighted by atomic mass is 127. The molecule has 0 bridgehead atoms. The third-order valence-corrected chi connectivity index (χ3v) is 2.94. The summed E-state index contributed by atoms with van der Waals surface area (Å²) in [6.07, 6.45) is -5.12. The summed E-state index contributed by atoms with van der Waals surface area (Å²) < 4.78 is 36.3. The van der Waals surface area contributed by atoms with Gasteiger partial charge in [-0.15, -0.1) is 24.0 Å². The van der Waals surface area contributed by atoms with Crippen molar-refractivity contribution in [1.29, 1.82) is 0 Å². The highest BCUT2D eigenvalue weighted by Crippen LogP contribution is 2.18. The standard InChI is InChI=1S/C15H21F3N4O.HI/c1-3-20-13(23)12-6-4-11(5-7-12)10-22-14(19-2)21-9-8-15(16,17)18;/h4-7H,3,8-10H2,1-2H3,(H,20,23)(H2,19,21,22);1H. The monoisotopic (exact) mass is 458 g/mol. The van der Waals surface area contributed by atoms with Crippen LogP contribution in [0.3, 0.4) is 0 Å². The van der Waals surface area contributed by atoms with Crippen molar-refractivity contribution in [3.8, 4) is 0 Å². The number of halogens is 4. The molecule has 0 aliphatic heterocycles. The molecule has 0 saturated heterocycles. The molecule has 0 atom stereocenters. The second-order valence-corrected chi connectivity index (χ2v) is 4.77. The van der Waals surface area contributed by atoms with Crippen molar-refractivity contribution < 1.29 is 18.0 Å². The lowest BCUT2D eigenvalue weighted by Gasteiger charge is -2.13. The van der Waals surface area contributed by atoms with Gasteiger partial charge in [-0.05, 0) is 24.6 Å². The van der Waals surface area contributed by atoms with E-state index in [0.717, 1.165) is 5.56 Å². The van der Waals surface area contributed by atoms with Gasteiger partial charge in [0, 0.05) is 32.2 Å². The molecule has 0 radical (unpaired) electrons. The van der Waals surface area contributed by atoms with Crippen LogP contribution in [0.5, 0.6) is 0 Å². The number of carbonyl (C=O) groups excluding carboxylic acids is 1. The van der Waals surface area contributed by atoms with Crippen LogP contribution in [0.4, 0.5) is 13.2 Å². The van der Waals surface area contributed by atoms with Crippen LogP contribution in [0.15, 0.2) is 29.3 Å². The van der Waals surface area contributed by atoms with Gasteiger partial charge in [-0.25, -0.2) is 0 Å². The van der Waals surface area contributed by atoms with Gasteiger partial charge in [-0.2, -0.15) is 13.2 Å². The number of nitrogens with zero attached hydrogens (tertiary/aromatic N) is 1. The second-order valence-electron chi connectivity index (χ2n) is 4.77. The van der Waals surface area contributed by atoms with Crippen LogP contribution in [-0.4, -0.2) is 38.2 Å². The number of hydrogen-bond acceptors (Lipinski definition) is 2. The molecule has 0 heterocycles. The number of guanidine groups is 1. The first-order chi connectivity index (χ1) is 10.9. The van der Waals surface area contributed by atoms with E-state index in [1.54, 1.807) is 24.3 Å². The first-order valence-electron chi connectivity index (χ1n) is 7.24. The Hall–Kier alpha value is -1.52. The summed E-state index contributed by atoms with van der Waals surface area (Å²) in [6.45, 7) is 2.55. The van der Waals surface area contributed by atoms with Gasteiger partial charge in [0.2, 0.25) is 0 Å². The summed E-state index contributed by atoms with van der Waals surface area (Å²) in [6, 6.07) is 6.95. The van der Waals surface area contributed by atoms with E-state index in [1.807, 2.05) is 6.92 Å². The molecule has 9 heteroatoms. The van der Waals surface area contributed by atoms with Crippen LogP contribution >= 0.6 is 24.0 Å². The first-order valence-corrected chi connectivity index (χ1v) is 7.24. The Bertz CT molecular complexity index is 533. The second kappa shape index (κ2) is 11.1. The minimum atomic E-state index is -4.19. The van der Waals surface area contributed by atoms with Crippen LogP contribution in [0.1, 0.15) is 29.3 Å². The van der Waals surface area contributed by atoms with Crippen molar-refractivity contribution in [1.82, 2.24) is 16.0 Å². The van der Waals surface area contributed by atoms with Gasteiger partial charge in [-0.3, -0.25) is 9.79 Å². The van der Waals surface area contributed by atoms with E-state index in [9.17, 15) is 18.0 Å². The van der Waals surface area contributed by atoms with Gasteiger partial charge >= 0.3 is 6.18 Å². The Balaban J connectivity index is 0.00000529. The summed E-state index contributed by atoms with van der Waals surface area (Å²) in [7, 11) is 1.49. The van der Waals surface area contributed by atoms with Gasteiger partial charge in [0.25, 0.3) is 5.91 Å². The first kappa shape index (κ1) is 22.5. The van der Waals surface area contributed by atoms with Crippen LogP contribution in [0, 0.1) is 0 Å². The smallest absolute Gasteiger partial charge is 0.356 e. The van der Waals surface area contributed by atoms with Crippen molar-refractivity contribution >= 4 is 35.8 Å². The molecule has 1 amide bonds. The predicted molar refractivity (Wildman–Crippen MR) is 98.7 cm³/mol. The van der Waals surface area contributed by atoms with E-state index in [4.69, 9.17) is 0 Å². The molecule has 0 fully saturated rings. The molecule has 0 unspecified atom stereocenters. The van der Waals surface area contributed by atoms with Crippen molar-refractivity contribution in [3.63, 3.8) is 0 Å². The molecule has 1 rings (SSSR count). The Labute approximate surface area is 156 Å². The maximum Gasteiger partial charge on any atom is 0.390 e. The van der Waals surface area contributed by atoms with Crippen LogP contribution in [0.25, 0.3) is 0 Å². The van der Waals surface area contributed by atoms with E-state index < -0.39 is 12.6 Å². The molecule has 24 heavy (non-hydrogen) atoms. The predicted octanol–water partition coefficient (Wildman–Crippen LogP) is 2.67. The summed E-state index contributed by atoms with van der Waals surface area (Å²) >= 11 is 0. The van der Waals surface area contributed by atoms with Crippen molar-refractivity contribution in [2.75, 3.05) is 20.1 Å². The average molecular weight is 458 g/mol. The van der Waals surface area contributed by atoms with E-state index in [0.29, 0.717) is 24.6 Å². The molecule has 1 aromatic carbocycles. The quantitative estimate of drug-likeness (QED) is 0.349. The SMILES string of the molecule is CCNC(=O)c1ccc(CNC(=NC)NCCC(F)(F)F)cc1.I. The molecule has 5 nitrogen and oxygen atoms in total. The minimum absolute atomic E-state index is 0. The fourth-order valence-electron chi connectivity index (χ4n) is 1.77. The lowest BCUT2D eigenvalue weighted by molar-refractivity contribution is -0.132. The zero-order valence-electron chi connectivity index (χ0n) is 13.5. The fourth-order valence-corrected chi connectivity index (χ4v) is 1.77. The van der Waals surface area contributed by atoms with Gasteiger partial charge in [0.15, 0.2) is 5.96 Å². The van der Waals surface area contributed by atoms with Crippen molar-refractivity contribution in [3.05, 3.63) is 35.4 Å². The average Bonchev–Trinajstić information content (AvgIpc) is 2.50. The van der Waals surface area contributed by atoms with Crippen molar-refractivity contribution in [2.24, 2.45) is 4.99 Å². The lowest BCUT2D eigenvalue weighted by atomic mass is 10.1. The lowest BCUT2D eigenvalue weighted by Crippen LogP contribution is -2.38. The number of benzene rings is 1. The van der Waals surface area contributed by atoms with Gasteiger partial charge in [-0.1, -0.05) is 12.1 Å². The zero-order valence-corrected chi connectivity index (χ0v) is 15.9. The van der Waals surface area contributed by atoms with E-state index in [-0.39, 0.29) is 36.4 Å². The Kier molecular flexibility index (Phi) is 10.4. The van der Waals surface area contributed by atoms with Gasteiger partial charge in [0.05, 0.1) is 6.42 Å². The molecule has 0 aromatic heterocycles. The normalized spacial score (nSPS) is 11.5.